The number of nitrogens with one attached hydrogen (secondary N) is 2. The molecule has 0 bridgehead atoms. The summed E-state index contributed by atoms with van der Waals surface area (Å²) in [6.45, 7) is 11.3. The van der Waals surface area contributed by atoms with Gasteiger partial charge in [-0.15, -0.1) is 5.92 Å². The molecule has 0 aliphatic carbocycles. The lowest BCUT2D eigenvalue weighted by Gasteiger charge is -2.22. The fourth-order valence-electron chi connectivity index (χ4n) is 4.45. The van der Waals surface area contributed by atoms with Crippen molar-refractivity contribution < 1.29 is 9.53 Å². The third-order valence-electron chi connectivity index (χ3n) is 6.23. The summed E-state index contributed by atoms with van der Waals surface area (Å²) in [5.41, 5.74) is 0.317. The zero-order valence-electron chi connectivity index (χ0n) is 24.0. The number of aromatic nitrogens is 5. The lowest BCUT2D eigenvalue weighted by Crippen LogP contribution is -2.41. The molecular weight excluding hydrogens is 510 g/mol. The summed E-state index contributed by atoms with van der Waals surface area (Å²) in [5.74, 6) is 6.20. The summed E-state index contributed by atoms with van der Waals surface area (Å²) < 4.78 is 9.53. The summed E-state index contributed by atoms with van der Waals surface area (Å²) >= 11 is 0. The summed E-state index contributed by atoms with van der Waals surface area (Å²) in [5, 5.41) is 7.83. The third-order valence-corrected chi connectivity index (χ3v) is 6.23. The number of carbonyl (C=O) groups is 1. The minimum atomic E-state index is -0.616. The second-order valence-corrected chi connectivity index (χ2v) is 10.7. The molecule has 3 heterocycles. The standard InChI is InChI=1S/C29H35N7O4/c1-8-9-14-35-23-24(33-26(35)30-16-19(3)32-27(38)40-29(4,5)6)34(7)28(39)36(25(23)37)17-22-21-13-11-10-12-20(21)15-18(2)31-22/h10-13,15,19H,14,16-17H2,1-7H3,(H,30,33)(H,32,38)/t19-/m0/s1. The van der Waals surface area contributed by atoms with Crippen LogP contribution < -0.4 is 21.9 Å². The van der Waals surface area contributed by atoms with Crippen LogP contribution in [0.2, 0.25) is 0 Å². The molecule has 4 aromatic rings. The fourth-order valence-corrected chi connectivity index (χ4v) is 4.45. The number of carbonyl (C=O) groups excluding carboxylic acids is 1. The largest absolute Gasteiger partial charge is 0.444 e. The highest BCUT2D eigenvalue weighted by Crippen LogP contribution is 2.20. The van der Waals surface area contributed by atoms with Crippen molar-refractivity contribution >= 4 is 34.0 Å². The first-order chi connectivity index (χ1) is 18.9. The molecule has 0 spiro atoms. The van der Waals surface area contributed by atoms with Gasteiger partial charge in [0, 0.05) is 30.7 Å². The predicted molar refractivity (Wildman–Crippen MR) is 156 cm³/mol. The summed E-state index contributed by atoms with van der Waals surface area (Å²) in [6, 6.07) is 9.41. The molecule has 0 aliphatic rings. The van der Waals surface area contributed by atoms with Crippen LogP contribution >= 0.6 is 0 Å². The van der Waals surface area contributed by atoms with Crippen LogP contribution in [0.1, 0.15) is 46.0 Å². The molecule has 1 aromatic carbocycles. The fraction of sp³-hybridized carbons (Fsp3) is 0.414. The highest BCUT2D eigenvalue weighted by atomic mass is 16.6. The highest BCUT2D eigenvalue weighted by Gasteiger charge is 2.22. The van der Waals surface area contributed by atoms with Crippen LogP contribution in [0.25, 0.3) is 21.9 Å². The second kappa shape index (κ2) is 11.3. The minimum absolute atomic E-state index is 0.00782. The Morgan fingerprint density at radius 1 is 1.15 bits per heavy atom. The summed E-state index contributed by atoms with van der Waals surface area (Å²) in [6.07, 6.45) is -0.533. The molecule has 0 unspecified atom stereocenters. The Labute approximate surface area is 232 Å². The first kappa shape index (κ1) is 28.4. The number of fused-ring (bicyclic) bond motifs is 2. The van der Waals surface area contributed by atoms with Crippen LogP contribution in [0.3, 0.4) is 0 Å². The van der Waals surface area contributed by atoms with Crippen molar-refractivity contribution in [1.82, 2.24) is 29.0 Å². The molecule has 11 nitrogen and oxygen atoms in total. The van der Waals surface area contributed by atoms with Crippen LogP contribution in [0.4, 0.5) is 10.7 Å². The number of hydrogen-bond acceptors (Lipinski definition) is 7. The monoisotopic (exact) mass is 545 g/mol. The normalized spacial score (nSPS) is 12.2. The van der Waals surface area contributed by atoms with Crippen LogP contribution in [-0.2, 0) is 24.9 Å². The van der Waals surface area contributed by atoms with Crippen molar-refractivity contribution in [2.45, 2.75) is 66.3 Å². The number of imidazole rings is 1. The average molecular weight is 546 g/mol. The topological polar surface area (TPSA) is 125 Å². The molecule has 1 amide bonds. The van der Waals surface area contributed by atoms with Gasteiger partial charge in [0.15, 0.2) is 11.2 Å². The van der Waals surface area contributed by atoms with E-state index >= 15 is 0 Å². The number of anilines is 1. The summed E-state index contributed by atoms with van der Waals surface area (Å²) in [7, 11) is 1.59. The van der Waals surface area contributed by atoms with E-state index in [0.29, 0.717) is 18.2 Å². The van der Waals surface area contributed by atoms with E-state index in [1.54, 1.807) is 39.3 Å². The van der Waals surface area contributed by atoms with Crippen molar-refractivity contribution in [3.8, 4) is 11.8 Å². The Hall–Kier alpha value is -4.59. The van der Waals surface area contributed by atoms with E-state index in [1.807, 2.05) is 44.2 Å². The zero-order valence-corrected chi connectivity index (χ0v) is 24.0. The van der Waals surface area contributed by atoms with Gasteiger partial charge in [0.2, 0.25) is 5.95 Å². The maximum absolute atomic E-state index is 13.9. The molecule has 210 valence electrons. The van der Waals surface area contributed by atoms with Crippen LogP contribution in [-0.4, -0.2) is 48.0 Å². The van der Waals surface area contributed by atoms with E-state index in [4.69, 9.17) is 4.74 Å². The molecule has 0 fully saturated rings. The van der Waals surface area contributed by atoms with Gasteiger partial charge >= 0.3 is 11.8 Å². The van der Waals surface area contributed by atoms with E-state index in [-0.39, 0.29) is 30.3 Å². The molecular formula is C29H35N7O4. The van der Waals surface area contributed by atoms with Gasteiger partial charge in [-0.05, 0) is 53.0 Å². The molecule has 11 heteroatoms. The van der Waals surface area contributed by atoms with Crippen LogP contribution in [0, 0.1) is 18.8 Å². The molecule has 0 radical (unpaired) electrons. The number of pyridine rings is 1. The molecule has 0 aliphatic heterocycles. The Morgan fingerprint density at radius 3 is 2.58 bits per heavy atom. The Bertz CT molecular complexity index is 1760. The molecule has 40 heavy (non-hydrogen) atoms. The van der Waals surface area contributed by atoms with Crippen molar-refractivity contribution in [3.05, 3.63) is 62.6 Å². The lowest BCUT2D eigenvalue weighted by atomic mass is 10.1. The summed E-state index contributed by atoms with van der Waals surface area (Å²) in [4.78, 5) is 48.6. The molecule has 3 aromatic heterocycles. The number of aryl methyl sites for hydroxylation is 2. The Balaban J connectivity index is 1.74. The van der Waals surface area contributed by atoms with Crippen molar-refractivity contribution in [2.75, 3.05) is 11.9 Å². The van der Waals surface area contributed by atoms with Gasteiger partial charge in [-0.3, -0.25) is 23.5 Å². The molecule has 4 rings (SSSR count). The number of ether oxygens (including phenoxy) is 1. The minimum Gasteiger partial charge on any atom is -0.444 e. The van der Waals surface area contributed by atoms with Crippen LogP contribution in [0.5, 0.6) is 0 Å². The highest BCUT2D eigenvalue weighted by molar-refractivity contribution is 5.85. The van der Waals surface area contributed by atoms with Crippen molar-refractivity contribution in [1.29, 1.82) is 0 Å². The van der Waals surface area contributed by atoms with Gasteiger partial charge in [0.05, 0.1) is 18.8 Å². The molecule has 0 saturated heterocycles. The number of rotatable bonds is 7. The molecule has 1 atom stereocenters. The van der Waals surface area contributed by atoms with E-state index in [9.17, 15) is 14.4 Å². The molecule has 2 N–H and O–H groups in total. The van der Waals surface area contributed by atoms with E-state index in [1.165, 1.54) is 9.13 Å². The lowest BCUT2D eigenvalue weighted by molar-refractivity contribution is 0.0511. The first-order valence-electron chi connectivity index (χ1n) is 13.1. The zero-order chi connectivity index (χ0) is 29.2. The van der Waals surface area contributed by atoms with Crippen molar-refractivity contribution in [2.24, 2.45) is 7.05 Å². The molecule has 0 saturated carbocycles. The first-order valence-corrected chi connectivity index (χ1v) is 13.1. The van der Waals surface area contributed by atoms with Crippen LogP contribution in [0.15, 0.2) is 39.9 Å². The number of hydrogen-bond donors (Lipinski definition) is 2. The SMILES string of the molecule is CC#CCn1c(NC[C@H](C)NC(=O)OC(C)(C)C)nc2c1c(=O)n(Cc1nc(C)cc3ccccc13)c(=O)n2C. The maximum Gasteiger partial charge on any atom is 0.407 e. The van der Waals surface area contributed by atoms with E-state index in [0.717, 1.165) is 16.5 Å². The average Bonchev–Trinajstić information content (AvgIpc) is 3.24. The maximum atomic E-state index is 13.9. The van der Waals surface area contributed by atoms with Gasteiger partial charge in [-0.1, -0.05) is 30.2 Å². The second-order valence-electron chi connectivity index (χ2n) is 10.7. The number of amides is 1. The smallest absolute Gasteiger partial charge is 0.407 e. The predicted octanol–water partition coefficient (Wildman–Crippen LogP) is 3.15. The van der Waals surface area contributed by atoms with Gasteiger partial charge < -0.3 is 15.4 Å². The Morgan fingerprint density at radius 2 is 1.88 bits per heavy atom. The quantitative estimate of drug-likeness (QED) is 0.342. The van der Waals surface area contributed by atoms with E-state index < -0.39 is 22.9 Å². The van der Waals surface area contributed by atoms with Gasteiger partial charge in [0.25, 0.3) is 5.56 Å². The number of benzene rings is 1. The van der Waals surface area contributed by atoms with E-state index in [2.05, 4.69) is 32.4 Å². The number of alkyl carbamates (subject to hydrolysis) is 1. The number of nitrogens with zero attached hydrogens (tertiary/aromatic N) is 5. The van der Waals surface area contributed by atoms with Gasteiger partial charge in [-0.25, -0.2) is 9.59 Å². The van der Waals surface area contributed by atoms with Crippen molar-refractivity contribution in [3.63, 3.8) is 0 Å². The van der Waals surface area contributed by atoms with Gasteiger partial charge in [0.1, 0.15) is 5.60 Å². The van der Waals surface area contributed by atoms with Gasteiger partial charge in [-0.2, -0.15) is 4.98 Å². The Kier molecular flexibility index (Phi) is 8.00. The third kappa shape index (κ3) is 6.01.